The lowest BCUT2D eigenvalue weighted by molar-refractivity contribution is -0.385. The molecule has 17 heavy (non-hydrogen) atoms. The summed E-state index contributed by atoms with van der Waals surface area (Å²) in [5.74, 6) is -0.395. The highest BCUT2D eigenvalue weighted by Gasteiger charge is 2.21. The molecule has 2 rings (SSSR count). The van der Waals surface area contributed by atoms with E-state index < -0.39 is 10.8 Å². The highest BCUT2D eigenvalue weighted by Crippen LogP contribution is 2.18. The summed E-state index contributed by atoms with van der Waals surface area (Å²) in [5.41, 5.74) is -0.0511. The number of allylic oxidation sites excluding steroid dienone is 1. The van der Waals surface area contributed by atoms with Gasteiger partial charge in [0, 0.05) is 12.1 Å². The van der Waals surface area contributed by atoms with Crippen LogP contribution < -0.4 is 5.32 Å². The molecule has 1 aliphatic rings. The van der Waals surface area contributed by atoms with E-state index in [2.05, 4.69) is 5.32 Å². The van der Waals surface area contributed by atoms with Crippen LogP contribution in [0, 0.1) is 10.1 Å². The van der Waals surface area contributed by atoms with Crippen molar-refractivity contribution in [2.75, 3.05) is 0 Å². The Balaban J connectivity index is 2.18. The zero-order chi connectivity index (χ0) is 12.3. The minimum Gasteiger partial charge on any atom is -0.346 e. The Bertz CT molecular complexity index is 482. The molecule has 0 fully saturated rings. The van der Waals surface area contributed by atoms with Crippen LogP contribution in [0.4, 0.5) is 5.69 Å². The monoisotopic (exact) mass is 232 g/mol. The largest absolute Gasteiger partial charge is 0.346 e. The van der Waals surface area contributed by atoms with Crippen molar-refractivity contribution in [1.82, 2.24) is 5.32 Å². The summed E-state index contributed by atoms with van der Waals surface area (Å²) in [5, 5.41) is 13.5. The van der Waals surface area contributed by atoms with Crippen LogP contribution in [0.3, 0.4) is 0 Å². The van der Waals surface area contributed by atoms with E-state index in [4.69, 9.17) is 0 Å². The smallest absolute Gasteiger partial charge is 0.282 e. The molecule has 1 aromatic carbocycles. The zero-order valence-electron chi connectivity index (χ0n) is 9.13. The molecule has 0 aromatic heterocycles. The van der Waals surface area contributed by atoms with Gasteiger partial charge >= 0.3 is 0 Å². The second-order valence-electron chi connectivity index (χ2n) is 3.86. The molecule has 0 heterocycles. The van der Waals surface area contributed by atoms with Crippen molar-refractivity contribution < 1.29 is 9.72 Å². The van der Waals surface area contributed by atoms with E-state index in [1.165, 1.54) is 12.1 Å². The first kappa shape index (κ1) is 11.3. The van der Waals surface area contributed by atoms with E-state index >= 15 is 0 Å². The minimum atomic E-state index is -0.542. The lowest BCUT2D eigenvalue weighted by atomic mass is 10.1. The van der Waals surface area contributed by atoms with E-state index in [9.17, 15) is 14.9 Å². The Morgan fingerprint density at radius 2 is 2.18 bits per heavy atom. The molecule has 1 atom stereocenters. The van der Waals surface area contributed by atoms with Gasteiger partial charge in [0.25, 0.3) is 11.6 Å². The van der Waals surface area contributed by atoms with Crippen LogP contribution in [-0.4, -0.2) is 16.9 Å². The molecule has 0 saturated heterocycles. The van der Waals surface area contributed by atoms with E-state index in [1.807, 2.05) is 12.2 Å². The van der Waals surface area contributed by atoms with Crippen LogP contribution in [-0.2, 0) is 0 Å². The van der Waals surface area contributed by atoms with Crippen molar-refractivity contribution in [1.29, 1.82) is 0 Å². The molecule has 1 aliphatic carbocycles. The van der Waals surface area contributed by atoms with Gasteiger partial charge < -0.3 is 5.32 Å². The third-order valence-corrected chi connectivity index (χ3v) is 2.67. The molecule has 1 unspecified atom stereocenters. The summed E-state index contributed by atoms with van der Waals surface area (Å²) < 4.78 is 0. The van der Waals surface area contributed by atoms with Crippen LogP contribution in [0.15, 0.2) is 36.4 Å². The summed E-state index contributed by atoms with van der Waals surface area (Å²) in [7, 11) is 0. The van der Waals surface area contributed by atoms with Crippen LogP contribution in [0.2, 0.25) is 0 Å². The number of rotatable bonds is 3. The third-order valence-electron chi connectivity index (χ3n) is 2.67. The Kier molecular flexibility index (Phi) is 3.18. The van der Waals surface area contributed by atoms with E-state index in [-0.39, 0.29) is 17.3 Å². The van der Waals surface area contributed by atoms with Crippen molar-refractivity contribution in [2.45, 2.75) is 18.9 Å². The van der Waals surface area contributed by atoms with Gasteiger partial charge in [-0.1, -0.05) is 24.3 Å². The summed E-state index contributed by atoms with van der Waals surface area (Å²) in [6, 6.07) is 5.95. The van der Waals surface area contributed by atoms with Crippen molar-refractivity contribution in [3.05, 3.63) is 52.1 Å². The van der Waals surface area contributed by atoms with Crippen LogP contribution in [0.1, 0.15) is 23.2 Å². The maximum atomic E-state index is 11.9. The topological polar surface area (TPSA) is 72.2 Å². The van der Waals surface area contributed by atoms with Crippen LogP contribution in [0.5, 0.6) is 0 Å². The van der Waals surface area contributed by atoms with Gasteiger partial charge in [-0.15, -0.1) is 0 Å². The Morgan fingerprint density at radius 1 is 1.41 bits per heavy atom. The zero-order valence-corrected chi connectivity index (χ0v) is 9.13. The summed E-state index contributed by atoms with van der Waals surface area (Å²) >= 11 is 0. The van der Waals surface area contributed by atoms with E-state index in [1.54, 1.807) is 12.1 Å². The molecule has 0 bridgehead atoms. The standard InChI is InChI=1S/C12H12N2O3/c15-12(13-9-5-1-2-6-9)10-7-3-4-8-11(10)14(16)17/h1,3-5,7-9H,2,6H2,(H,13,15). The predicted molar refractivity (Wildman–Crippen MR) is 62.7 cm³/mol. The van der Waals surface area contributed by atoms with Crippen LogP contribution >= 0.6 is 0 Å². The van der Waals surface area contributed by atoms with Crippen LogP contribution in [0.25, 0.3) is 0 Å². The van der Waals surface area contributed by atoms with Gasteiger partial charge in [0.2, 0.25) is 0 Å². The molecule has 1 N–H and O–H groups in total. The summed E-state index contributed by atoms with van der Waals surface area (Å²) in [6.45, 7) is 0. The minimum absolute atomic E-state index is 0.0117. The average molecular weight is 232 g/mol. The van der Waals surface area contributed by atoms with Crippen molar-refractivity contribution >= 4 is 11.6 Å². The quantitative estimate of drug-likeness (QED) is 0.492. The number of hydrogen-bond donors (Lipinski definition) is 1. The summed E-state index contributed by atoms with van der Waals surface area (Å²) in [6.07, 6.45) is 5.69. The number of nitrogens with one attached hydrogen (secondary N) is 1. The molecule has 0 aliphatic heterocycles. The molecule has 5 nitrogen and oxygen atoms in total. The number of nitrogens with zero attached hydrogens (tertiary/aromatic N) is 1. The fraction of sp³-hybridized carbons (Fsp3) is 0.250. The third kappa shape index (κ3) is 2.50. The van der Waals surface area contributed by atoms with Gasteiger partial charge in [-0.25, -0.2) is 0 Å². The van der Waals surface area contributed by atoms with Crippen molar-refractivity contribution in [3.63, 3.8) is 0 Å². The Morgan fingerprint density at radius 3 is 2.82 bits per heavy atom. The van der Waals surface area contributed by atoms with Gasteiger partial charge in [-0.05, 0) is 18.9 Å². The maximum absolute atomic E-state index is 11.9. The van der Waals surface area contributed by atoms with Gasteiger partial charge in [0.1, 0.15) is 5.56 Å². The average Bonchev–Trinajstić information content (AvgIpc) is 2.81. The highest BCUT2D eigenvalue weighted by molar-refractivity contribution is 5.98. The SMILES string of the molecule is O=C(NC1C=CCC1)c1ccccc1[N+](=O)[O-]. The second kappa shape index (κ2) is 4.78. The molecular weight excluding hydrogens is 220 g/mol. The predicted octanol–water partition coefficient (Wildman–Crippen LogP) is 2.04. The number of amides is 1. The van der Waals surface area contributed by atoms with Gasteiger partial charge in [-0.2, -0.15) is 0 Å². The Hall–Kier alpha value is -2.17. The molecule has 88 valence electrons. The van der Waals surface area contributed by atoms with E-state index in [0.717, 1.165) is 12.8 Å². The fourth-order valence-electron chi connectivity index (χ4n) is 1.82. The first-order valence-corrected chi connectivity index (χ1v) is 5.39. The number of para-hydroxylation sites is 1. The van der Waals surface area contributed by atoms with Crippen molar-refractivity contribution in [2.24, 2.45) is 0 Å². The first-order chi connectivity index (χ1) is 8.18. The summed E-state index contributed by atoms with van der Waals surface area (Å²) in [4.78, 5) is 22.1. The molecule has 0 saturated carbocycles. The molecule has 0 radical (unpaired) electrons. The lowest BCUT2D eigenvalue weighted by Crippen LogP contribution is -2.32. The second-order valence-corrected chi connectivity index (χ2v) is 3.86. The van der Waals surface area contributed by atoms with Gasteiger partial charge in [-0.3, -0.25) is 14.9 Å². The number of carbonyl (C=O) groups is 1. The van der Waals surface area contributed by atoms with Crippen molar-refractivity contribution in [3.8, 4) is 0 Å². The molecular formula is C12H12N2O3. The van der Waals surface area contributed by atoms with E-state index in [0.29, 0.717) is 0 Å². The number of carbonyl (C=O) groups excluding carboxylic acids is 1. The number of nitro benzene ring substituents is 1. The van der Waals surface area contributed by atoms with Gasteiger partial charge in [0.15, 0.2) is 0 Å². The molecule has 1 amide bonds. The molecule has 1 aromatic rings. The number of hydrogen-bond acceptors (Lipinski definition) is 3. The molecule has 0 spiro atoms. The number of nitro groups is 1. The Labute approximate surface area is 98.3 Å². The fourth-order valence-corrected chi connectivity index (χ4v) is 1.82. The number of benzene rings is 1. The lowest BCUT2D eigenvalue weighted by Gasteiger charge is -2.10. The van der Waals surface area contributed by atoms with Gasteiger partial charge in [0.05, 0.1) is 4.92 Å². The maximum Gasteiger partial charge on any atom is 0.282 e. The molecule has 5 heteroatoms. The normalized spacial score (nSPS) is 18.0. The first-order valence-electron chi connectivity index (χ1n) is 5.39. The highest BCUT2D eigenvalue weighted by atomic mass is 16.6.